The van der Waals surface area contributed by atoms with E-state index in [-0.39, 0.29) is 0 Å². The molecular formula is C7H17NO2Si. The van der Waals surface area contributed by atoms with Crippen molar-refractivity contribution in [2.24, 2.45) is 0 Å². The molecule has 0 aromatic rings. The summed E-state index contributed by atoms with van der Waals surface area (Å²) >= 11 is 0. The monoisotopic (exact) mass is 175 g/mol. The molecule has 1 aliphatic rings. The maximum absolute atomic E-state index is 5.82. The Balaban J connectivity index is 2.45. The highest BCUT2D eigenvalue weighted by Crippen LogP contribution is 2.25. The van der Waals surface area contributed by atoms with Crippen LogP contribution in [0.5, 0.6) is 0 Å². The van der Waals surface area contributed by atoms with Gasteiger partial charge in [-0.3, -0.25) is 5.32 Å². The maximum Gasteiger partial charge on any atom is 0.218 e. The zero-order valence-electron chi connectivity index (χ0n) is 7.73. The summed E-state index contributed by atoms with van der Waals surface area (Å²) in [7, 11) is 0.216. The summed E-state index contributed by atoms with van der Waals surface area (Å²) in [5.41, 5.74) is 0. The van der Waals surface area contributed by atoms with Crippen molar-refractivity contribution in [2.75, 3.05) is 13.7 Å². The SMILES string of the molecule is COC1(O[Si](C)(C)C)CCN1. The Labute approximate surface area is 69.2 Å². The van der Waals surface area contributed by atoms with Crippen LogP contribution in [0, 0.1) is 0 Å². The molecule has 0 amide bonds. The fraction of sp³-hybridized carbons (Fsp3) is 1.00. The van der Waals surface area contributed by atoms with Gasteiger partial charge in [-0.25, -0.2) is 0 Å². The molecule has 1 heterocycles. The molecule has 1 rings (SSSR count). The number of nitrogens with one attached hydrogen (secondary N) is 1. The van der Waals surface area contributed by atoms with Crippen molar-refractivity contribution in [3.8, 4) is 0 Å². The number of methoxy groups -OCH3 is 1. The van der Waals surface area contributed by atoms with Crippen molar-refractivity contribution in [3.63, 3.8) is 0 Å². The van der Waals surface area contributed by atoms with Gasteiger partial charge in [0.2, 0.25) is 5.91 Å². The summed E-state index contributed by atoms with van der Waals surface area (Å²) in [6.45, 7) is 7.48. The molecule has 1 aliphatic heterocycles. The summed E-state index contributed by atoms with van der Waals surface area (Å²) < 4.78 is 11.1. The lowest BCUT2D eigenvalue weighted by Gasteiger charge is -2.44. The van der Waals surface area contributed by atoms with Crippen LogP contribution >= 0.6 is 0 Å². The Bertz CT molecular complexity index is 134. The predicted molar refractivity (Wildman–Crippen MR) is 46.8 cm³/mol. The van der Waals surface area contributed by atoms with E-state index in [9.17, 15) is 0 Å². The molecule has 4 heteroatoms. The minimum atomic E-state index is -1.47. The normalized spacial score (nSPS) is 31.6. The molecule has 0 aromatic carbocycles. The lowest BCUT2D eigenvalue weighted by molar-refractivity contribution is -0.233. The van der Waals surface area contributed by atoms with Gasteiger partial charge >= 0.3 is 0 Å². The number of hydrogen-bond donors (Lipinski definition) is 1. The first-order valence-corrected chi connectivity index (χ1v) is 7.39. The first kappa shape index (κ1) is 9.19. The van der Waals surface area contributed by atoms with Gasteiger partial charge in [-0.05, 0) is 19.6 Å². The summed E-state index contributed by atoms with van der Waals surface area (Å²) in [5.74, 6) is -0.440. The molecular weight excluding hydrogens is 158 g/mol. The summed E-state index contributed by atoms with van der Waals surface area (Å²) in [4.78, 5) is 0. The van der Waals surface area contributed by atoms with Gasteiger partial charge in [-0.15, -0.1) is 0 Å². The van der Waals surface area contributed by atoms with E-state index in [1.54, 1.807) is 7.11 Å². The zero-order chi connectivity index (χ0) is 8.54. The van der Waals surface area contributed by atoms with Gasteiger partial charge in [0.15, 0.2) is 8.32 Å². The van der Waals surface area contributed by atoms with Gasteiger partial charge in [-0.1, -0.05) is 0 Å². The van der Waals surface area contributed by atoms with Crippen molar-refractivity contribution in [2.45, 2.75) is 32.0 Å². The topological polar surface area (TPSA) is 30.5 Å². The summed E-state index contributed by atoms with van der Waals surface area (Å²) in [6.07, 6.45) is 0.966. The lowest BCUT2D eigenvalue weighted by atomic mass is 10.2. The first-order valence-electron chi connectivity index (χ1n) is 3.98. The fourth-order valence-electron chi connectivity index (χ4n) is 1.13. The van der Waals surface area contributed by atoms with E-state index < -0.39 is 14.2 Å². The van der Waals surface area contributed by atoms with Crippen molar-refractivity contribution < 1.29 is 9.16 Å². The van der Waals surface area contributed by atoms with Gasteiger partial charge in [0.1, 0.15) is 0 Å². The molecule has 3 nitrogen and oxygen atoms in total. The minimum absolute atomic E-state index is 0.440. The fourth-order valence-corrected chi connectivity index (χ4v) is 2.37. The molecule has 0 saturated carbocycles. The average molecular weight is 175 g/mol. The van der Waals surface area contributed by atoms with E-state index in [1.807, 2.05) is 0 Å². The molecule has 0 radical (unpaired) electrons. The van der Waals surface area contributed by atoms with Crippen molar-refractivity contribution in [1.29, 1.82) is 0 Å². The number of ether oxygens (including phenoxy) is 1. The predicted octanol–water partition coefficient (Wildman–Crippen LogP) is 1.13. The van der Waals surface area contributed by atoms with E-state index in [1.165, 1.54) is 0 Å². The standard InChI is InChI=1S/C7H17NO2Si/c1-9-7(5-6-8-7)10-11(2,3)4/h8H,5-6H2,1-4H3. The van der Waals surface area contributed by atoms with Crippen LogP contribution in [0.2, 0.25) is 19.6 Å². The van der Waals surface area contributed by atoms with Crippen LogP contribution in [-0.4, -0.2) is 27.9 Å². The molecule has 1 N–H and O–H groups in total. The highest BCUT2D eigenvalue weighted by molar-refractivity contribution is 6.69. The lowest BCUT2D eigenvalue weighted by Crippen LogP contribution is -2.63. The molecule has 0 bridgehead atoms. The smallest absolute Gasteiger partial charge is 0.218 e. The highest BCUT2D eigenvalue weighted by Gasteiger charge is 2.41. The van der Waals surface area contributed by atoms with E-state index in [4.69, 9.17) is 9.16 Å². The van der Waals surface area contributed by atoms with Crippen LogP contribution in [0.4, 0.5) is 0 Å². The Morgan fingerprint density at radius 3 is 2.00 bits per heavy atom. The Morgan fingerprint density at radius 1 is 1.36 bits per heavy atom. The second kappa shape index (κ2) is 2.86. The second-order valence-electron chi connectivity index (χ2n) is 3.85. The van der Waals surface area contributed by atoms with E-state index in [0.717, 1.165) is 13.0 Å². The second-order valence-corrected chi connectivity index (χ2v) is 8.28. The van der Waals surface area contributed by atoms with Crippen LogP contribution in [0.25, 0.3) is 0 Å². The van der Waals surface area contributed by atoms with E-state index in [2.05, 4.69) is 25.0 Å². The zero-order valence-corrected chi connectivity index (χ0v) is 8.73. The maximum atomic E-state index is 5.82. The van der Waals surface area contributed by atoms with Crippen molar-refractivity contribution in [3.05, 3.63) is 0 Å². The molecule has 0 aliphatic carbocycles. The number of hydrogen-bond acceptors (Lipinski definition) is 3. The summed E-state index contributed by atoms with van der Waals surface area (Å²) in [6, 6.07) is 0. The van der Waals surface area contributed by atoms with Crippen LogP contribution in [0.15, 0.2) is 0 Å². The van der Waals surface area contributed by atoms with E-state index >= 15 is 0 Å². The molecule has 1 fully saturated rings. The van der Waals surface area contributed by atoms with Crippen LogP contribution in [0.3, 0.4) is 0 Å². The third-order valence-corrected chi connectivity index (χ3v) is 2.59. The van der Waals surface area contributed by atoms with Gasteiger partial charge in [0, 0.05) is 20.1 Å². The first-order chi connectivity index (χ1) is 4.97. The van der Waals surface area contributed by atoms with Gasteiger partial charge in [-0.2, -0.15) is 0 Å². The third kappa shape index (κ3) is 2.26. The molecule has 0 spiro atoms. The Hall–Kier alpha value is 0.0969. The Kier molecular flexibility index (Phi) is 2.39. The van der Waals surface area contributed by atoms with Crippen molar-refractivity contribution >= 4 is 8.32 Å². The highest BCUT2D eigenvalue weighted by atomic mass is 28.4. The molecule has 66 valence electrons. The van der Waals surface area contributed by atoms with Crippen molar-refractivity contribution in [1.82, 2.24) is 5.32 Å². The van der Waals surface area contributed by atoms with Gasteiger partial charge < -0.3 is 9.16 Å². The van der Waals surface area contributed by atoms with E-state index in [0.29, 0.717) is 0 Å². The molecule has 1 atom stereocenters. The van der Waals surface area contributed by atoms with Crippen LogP contribution < -0.4 is 5.32 Å². The average Bonchev–Trinajstić information content (AvgIpc) is 1.77. The Morgan fingerprint density at radius 2 is 1.91 bits per heavy atom. The van der Waals surface area contributed by atoms with Gasteiger partial charge in [0.25, 0.3) is 0 Å². The largest absolute Gasteiger partial charge is 0.379 e. The molecule has 1 saturated heterocycles. The molecule has 0 aromatic heterocycles. The number of rotatable bonds is 3. The quantitative estimate of drug-likeness (QED) is 0.515. The van der Waals surface area contributed by atoms with Gasteiger partial charge in [0.05, 0.1) is 0 Å². The molecule has 11 heavy (non-hydrogen) atoms. The molecule has 1 unspecified atom stereocenters. The third-order valence-electron chi connectivity index (χ3n) is 1.65. The minimum Gasteiger partial charge on any atom is -0.379 e. The van der Waals surface area contributed by atoms with Crippen LogP contribution in [0.1, 0.15) is 6.42 Å². The summed E-state index contributed by atoms with van der Waals surface area (Å²) in [5, 5.41) is 3.16. The van der Waals surface area contributed by atoms with Crippen LogP contribution in [-0.2, 0) is 9.16 Å².